The highest BCUT2D eigenvalue weighted by Crippen LogP contribution is 1.83. The zero-order valence-electron chi connectivity index (χ0n) is 5.66. The van der Waals surface area contributed by atoms with Crippen molar-refractivity contribution in [2.75, 3.05) is 7.11 Å². The Morgan fingerprint density at radius 3 is 2.60 bits per heavy atom. The van der Waals surface area contributed by atoms with Crippen LogP contribution in [0, 0.1) is 0 Å². The molecule has 5 nitrogen and oxygen atoms in total. The summed E-state index contributed by atoms with van der Waals surface area (Å²) in [4.78, 5) is 10.1. The van der Waals surface area contributed by atoms with E-state index in [-0.39, 0.29) is 0 Å². The highest BCUT2D eigenvalue weighted by atomic mass is 32.2. The van der Waals surface area contributed by atoms with Crippen molar-refractivity contribution in [3.05, 3.63) is 0 Å². The van der Waals surface area contributed by atoms with E-state index in [0.717, 1.165) is 0 Å². The Hall–Kier alpha value is -0.460. The first-order chi connectivity index (χ1) is 4.57. The maximum Gasteiger partial charge on any atom is 0.321 e. The minimum Gasteiger partial charge on any atom is -0.480 e. The van der Waals surface area contributed by atoms with Gasteiger partial charge in [-0.2, -0.15) is 0 Å². The molecular weight excluding hydrogens is 158 g/mol. The largest absolute Gasteiger partial charge is 0.480 e. The molecule has 0 fully saturated rings. The average Bonchev–Trinajstić information content (AvgIpc) is 1.87. The van der Waals surface area contributed by atoms with Gasteiger partial charge in [0.25, 0.3) is 0 Å². The molecule has 0 amide bonds. The van der Waals surface area contributed by atoms with E-state index in [4.69, 9.17) is 5.11 Å². The van der Waals surface area contributed by atoms with Crippen LogP contribution in [-0.2, 0) is 20.2 Å². The Labute approximate surface area is 61.2 Å². The van der Waals surface area contributed by atoms with E-state index in [1.807, 2.05) is 0 Å². The molecule has 0 rings (SSSR count). The predicted octanol–water partition coefficient (Wildman–Crippen LogP) is -0.726. The number of carboxylic acid groups (broad SMARTS) is 1. The van der Waals surface area contributed by atoms with E-state index in [9.17, 15) is 9.00 Å². The van der Waals surface area contributed by atoms with Crippen molar-refractivity contribution in [3.63, 3.8) is 0 Å². The van der Waals surface area contributed by atoms with Crippen LogP contribution in [0.15, 0.2) is 0 Å². The fraction of sp³-hybridized carbons (Fsp3) is 0.750. The average molecular weight is 167 g/mol. The molecule has 0 saturated carbocycles. The zero-order valence-corrected chi connectivity index (χ0v) is 6.47. The molecule has 0 bridgehead atoms. The smallest absolute Gasteiger partial charge is 0.321 e. The molecule has 0 aliphatic rings. The summed E-state index contributed by atoms with van der Waals surface area (Å²) in [5.74, 6) is -1.06. The summed E-state index contributed by atoms with van der Waals surface area (Å²) in [6.07, 6.45) is 0. The first-order valence-corrected chi connectivity index (χ1v) is 3.60. The topological polar surface area (TPSA) is 75.6 Å². The van der Waals surface area contributed by atoms with Crippen molar-refractivity contribution in [2.45, 2.75) is 13.0 Å². The number of carboxylic acids is 1. The third-order valence-electron chi connectivity index (χ3n) is 0.795. The molecule has 2 N–H and O–H groups in total. The first kappa shape index (κ1) is 9.54. The molecule has 0 aromatic rings. The predicted molar refractivity (Wildman–Crippen MR) is 35.4 cm³/mol. The Morgan fingerprint density at radius 1 is 1.80 bits per heavy atom. The number of nitrogens with one attached hydrogen (secondary N) is 1. The first-order valence-electron chi connectivity index (χ1n) is 2.53. The summed E-state index contributed by atoms with van der Waals surface area (Å²) in [6.45, 7) is 1.37. The second-order valence-corrected chi connectivity index (χ2v) is 2.62. The summed E-state index contributed by atoms with van der Waals surface area (Å²) >= 11 is -1.71. The van der Waals surface area contributed by atoms with E-state index in [1.165, 1.54) is 14.0 Å². The van der Waals surface area contributed by atoms with Crippen LogP contribution in [-0.4, -0.2) is 28.4 Å². The van der Waals surface area contributed by atoms with Crippen LogP contribution < -0.4 is 4.72 Å². The van der Waals surface area contributed by atoms with E-state index in [1.54, 1.807) is 0 Å². The fourth-order valence-corrected chi connectivity index (χ4v) is 0.729. The Balaban J connectivity index is 3.68. The molecule has 0 aliphatic carbocycles. The lowest BCUT2D eigenvalue weighted by Gasteiger charge is -2.04. The van der Waals surface area contributed by atoms with Crippen LogP contribution in [0.3, 0.4) is 0 Å². The van der Waals surface area contributed by atoms with Crippen molar-refractivity contribution < 1.29 is 18.3 Å². The van der Waals surface area contributed by atoms with Crippen molar-refractivity contribution in [2.24, 2.45) is 0 Å². The molecule has 0 aliphatic heterocycles. The second kappa shape index (κ2) is 4.37. The number of aliphatic carboxylic acids is 1. The van der Waals surface area contributed by atoms with Gasteiger partial charge in [0.05, 0.1) is 7.11 Å². The molecule has 0 aromatic heterocycles. The molecule has 6 heteroatoms. The number of hydrogen-bond donors (Lipinski definition) is 2. The highest BCUT2D eigenvalue weighted by molar-refractivity contribution is 7.78. The van der Waals surface area contributed by atoms with Crippen molar-refractivity contribution in [1.29, 1.82) is 0 Å². The van der Waals surface area contributed by atoms with Crippen LogP contribution in [0.25, 0.3) is 0 Å². The lowest BCUT2D eigenvalue weighted by atomic mass is 10.4. The highest BCUT2D eigenvalue weighted by Gasteiger charge is 2.12. The van der Waals surface area contributed by atoms with E-state index >= 15 is 0 Å². The van der Waals surface area contributed by atoms with E-state index in [0.29, 0.717) is 0 Å². The van der Waals surface area contributed by atoms with Gasteiger partial charge in [-0.25, -0.2) is 8.93 Å². The standard InChI is InChI=1S/C4H9NO4S/c1-3(4(6)7)5-10(8)9-2/h3,5H,1-2H3,(H,6,7). The second-order valence-electron chi connectivity index (χ2n) is 1.58. The molecule has 60 valence electrons. The molecule has 0 spiro atoms. The molecule has 0 radical (unpaired) electrons. The minimum atomic E-state index is -1.71. The molecular formula is C4H9NO4S. The minimum absolute atomic E-state index is 0.860. The van der Waals surface area contributed by atoms with Gasteiger partial charge >= 0.3 is 5.97 Å². The van der Waals surface area contributed by atoms with Gasteiger partial charge < -0.3 is 5.11 Å². The molecule has 0 heterocycles. The molecule has 0 saturated heterocycles. The Kier molecular flexibility index (Phi) is 4.17. The van der Waals surface area contributed by atoms with Crippen LogP contribution >= 0.6 is 0 Å². The summed E-state index contributed by atoms with van der Waals surface area (Å²) in [5.41, 5.74) is 0. The SMILES string of the molecule is COS(=O)NC(C)C(=O)O. The van der Waals surface area contributed by atoms with Gasteiger partial charge in [-0.1, -0.05) is 0 Å². The Morgan fingerprint density at radius 2 is 2.30 bits per heavy atom. The Bertz CT molecular complexity index is 148. The van der Waals surface area contributed by atoms with E-state index in [2.05, 4.69) is 8.91 Å². The number of hydrogen-bond acceptors (Lipinski definition) is 3. The third-order valence-corrected chi connectivity index (χ3v) is 1.64. The summed E-state index contributed by atoms with van der Waals surface area (Å²) < 4.78 is 16.9. The van der Waals surface area contributed by atoms with Crippen LogP contribution in [0.4, 0.5) is 0 Å². The van der Waals surface area contributed by atoms with Gasteiger partial charge in [-0.3, -0.25) is 8.98 Å². The number of rotatable bonds is 4. The monoisotopic (exact) mass is 167 g/mol. The van der Waals surface area contributed by atoms with Crippen LogP contribution in [0.2, 0.25) is 0 Å². The fourth-order valence-electron chi connectivity index (χ4n) is 0.243. The molecule has 2 atom stereocenters. The quantitative estimate of drug-likeness (QED) is 0.579. The number of carbonyl (C=O) groups is 1. The van der Waals surface area contributed by atoms with Crippen molar-refractivity contribution >= 4 is 17.2 Å². The lowest BCUT2D eigenvalue weighted by Crippen LogP contribution is -2.35. The maximum absolute atomic E-state index is 10.4. The summed E-state index contributed by atoms with van der Waals surface area (Å²) in [6, 6.07) is -0.860. The molecule has 0 aromatic carbocycles. The van der Waals surface area contributed by atoms with Gasteiger partial charge in [-0.15, -0.1) is 0 Å². The maximum atomic E-state index is 10.4. The third kappa shape index (κ3) is 3.54. The summed E-state index contributed by atoms with van der Waals surface area (Å²) in [7, 11) is 1.22. The normalized spacial score (nSPS) is 16.2. The van der Waals surface area contributed by atoms with Gasteiger partial charge in [0.1, 0.15) is 6.04 Å². The van der Waals surface area contributed by atoms with Crippen molar-refractivity contribution in [3.8, 4) is 0 Å². The van der Waals surface area contributed by atoms with Gasteiger partial charge in [0.15, 0.2) is 0 Å². The van der Waals surface area contributed by atoms with Gasteiger partial charge in [0, 0.05) is 0 Å². The van der Waals surface area contributed by atoms with E-state index < -0.39 is 23.3 Å². The zero-order chi connectivity index (χ0) is 8.15. The molecule has 10 heavy (non-hydrogen) atoms. The van der Waals surface area contributed by atoms with Gasteiger partial charge in [-0.05, 0) is 6.92 Å². The lowest BCUT2D eigenvalue weighted by molar-refractivity contribution is -0.138. The van der Waals surface area contributed by atoms with Crippen LogP contribution in [0.1, 0.15) is 6.92 Å². The molecule has 2 unspecified atom stereocenters. The van der Waals surface area contributed by atoms with Crippen LogP contribution in [0.5, 0.6) is 0 Å². The van der Waals surface area contributed by atoms with Gasteiger partial charge in [0.2, 0.25) is 11.3 Å². The van der Waals surface area contributed by atoms with Crippen molar-refractivity contribution in [1.82, 2.24) is 4.72 Å². The summed E-state index contributed by atoms with van der Waals surface area (Å²) in [5, 5.41) is 8.27.